The van der Waals surface area contributed by atoms with Crippen molar-refractivity contribution >= 4 is 6.09 Å². The Balaban J connectivity index is 3.76. The monoisotopic (exact) mass is 170 g/mol. The lowest BCUT2D eigenvalue weighted by Crippen LogP contribution is -2.34. The van der Waals surface area contributed by atoms with E-state index in [1.54, 1.807) is 13.8 Å². The van der Waals surface area contributed by atoms with E-state index in [0.29, 0.717) is 6.42 Å². The molecule has 1 unspecified atom stereocenters. The van der Waals surface area contributed by atoms with Crippen LogP contribution in [0.2, 0.25) is 0 Å². The van der Waals surface area contributed by atoms with Crippen molar-refractivity contribution in [3.05, 3.63) is 0 Å². The van der Waals surface area contributed by atoms with E-state index in [4.69, 9.17) is 10.00 Å². The molecule has 0 aromatic rings. The third kappa shape index (κ3) is 4.56. The van der Waals surface area contributed by atoms with Crippen LogP contribution in [0.1, 0.15) is 27.2 Å². The van der Waals surface area contributed by atoms with Crippen LogP contribution in [0.15, 0.2) is 0 Å². The first-order chi connectivity index (χ1) is 5.60. The van der Waals surface area contributed by atoms with Gasteiger partial charge in [-0.05, 0) is 20.3 Å². The zero-order chi connectivity index (χ0) is 9.56. The fourth-order valence-corrected chi connectivity index (χ4v) is 0.616. The number of nitriles is 1. The first-order valence-corrected chi connectivity index (χ1v) is 3.96. The number of hydrogen-bond acceptors (Lipinski definition) is 3. The van der Waals surface area contributed by atoms with E-state index in [1.165, 1.54) is 0 Å². The SMILES string of the molecule is CCC(C#N)NC(=O)OC(C)C. The van der Waals surface area contributed by atoms with Crippen molar-refractivity contribution < 1.29 is 9.53 Å². The van der Waals surface area contributed by atoms with Gasteiger partial charge in [0.1, 0.15) is 6.04 Å². The average molecular weight is 170 g/mol. The highest BCUT2D eigenvalue weighted by Crippen LogP contribution is 1.92. The molecule has 0 aliphatic heterocycles. The van der Waals surface area contributed by atoms with Crippen molar-refractivity contribution in [3.63, 3.8) is 0 Å². The minimum Gasteiger partial charge on any atom is -0.447 e. The third-order valence-electron chi connectivity index (χ3n) is 1.20. The second-order valence-corrected chi connectivity index (χ2v) is 2.69. The molecule has 0 bridgehead atoms. The third-order valence-corrected chi connectivity index (χ3v) is 1.20. The molecule has 4 heteroatoms. The van der Waals surface area contributed by atoms with E-state index in [1.807, 2.05) is 13.0 Å². The average Bonchev–Trinajstić information content (AvgIpc) is 1.98. The lowest BCUT2D eigenvalue weighted by atomic mass is 10.3. The van der Waals surface area contributed by atoms with Gasteiger partial charge in [0.05, 0.1) is 12.2 Å². The lowest BCUT2D eigenvalue weighted by molar-refractivity contribution is 0.114. The molecule has 1 N–H and O–H groups in total. The Morgan fingerprint density at radius 3 is 2.58 bits per heavy atom. The van der Waals surface area contributed by atoms with Crippen LogP contribution >= 0.6 is 0 Å². The molecule has 0 aliphatic carbocycles. The summed E-state index contributed by atoms with van der Waals surface area (Å²) in [5.41, 5.74) is 0. The fraction of sp³-hybridized carbons (Fsp3) is 0.750. The van der Waals surface area contributed by atoms with Gasteiger partial charge in [0.15, 0.2) is 0 Å². The fourth-order valence-electron chi connectivity index (χ4n) is 0.616. The van der Waals surface area contributed by atoms with Crippen LogP contribution in [-0.4, -0.2) is 18.2 Å². The molecule has 1 amide bonds. The highest BCUT2D eigenvalue weighted by Gasteiger charge is 2.10. The number of ether oxygens (including phenoxy) is 1. The topological polar surface area (TPSA) is 62.1 Å². The van der Waals surface area contributed by atoms with Crippen LogP contribution in [0.4, 0.5) is 4.79 Å². The number of nitrogens with zero attached hydrogens (tertiary/aromatic N) is 1. The van der Waals surface area contributed by atoms with E-state index in [0.717, 1.165) is 0 Å². The molecule has 0 fully saturated rings. The van der Waals surface area contributed by atoms with Gasteiger partial charge in [-0.25, -0.2) is 4.79 Å². The van der Waals surface area contributed by atoms with Gasteiger partial charge < -0.3 is 10.1 Å². The molecule has 1 atom stereocenters. The summed E-state index contributed by atoms with van der Waals surface area (Å²) in [5.74, 6) is 0. The Morgan fingerprint density at radius 2 is 2.25 bits per heavy atom. The first-order valence-electron chi connectivity index (χ1n) is 3.96. The van der Waals surface area contributed by atoms with Gasteiger partial charge in [-0.1, -0.05) is 6.92 Å². The molecule has 0 aliphatic rings. The highest BCUT2D eigenvalue weighted by atomic mass is 16.6. The molecule has 12 heavy (non-hydrogen) atoms. The van der Waals surface area contributed by atoms with Crippen LogP contribution in [0.3, 0.4) is 0 Å². The predicted octanol–water partition coefficient (Wildman–Crippen LogP) is 1.42. The van der Waals surface area contributed by atoms with Crippen molar-refractivity contribution in [2.24, 2.45) is 0 Å². The second kappa shape index (κ2) is 5.42. The van der Waals surface area contributed by atoms with Gasteiger partial charge in [0.25, 0.3) is 0 Å². The van der Waals surface area contributed by atoms with Crippen LogP contribution in [-0.2, 0) is 4.74 Å². The molecule has 0 aromatic carbocycles. The predicted molar refractivity (Wildman–Crippen MR) is 44.4 cm³/mol. The summed E-state index contributed by atoms with van der Waals surface area (Å²) >= 11 is 0. The van der Waals surface area contributed by atoms with Crippen LogP contribution in [0.5, 0.6) is 0 Å². The summed E-state index contributed by atoms with van der Waals surface area (Å²) in [4.78, 5) is 10.9. The van der Waals surface area contributed by atoms with Crippen LogP contribution in [0, 0.1) is 11.3 Å². The maximum Gasteiger partial charge on any atom is 0.408 e. The number of carbonyl (C=O) groups is 1. The molecule has 0 aromatic heterocycles. The summed E-state index contributed by atoms with van der Waals surface area (Å²) in [6.07, 6.45) is -0.0939. The van der Waals surface area contributed by atoms with Gasteiger partial charge in [-0.15, -0.1) is 0 Å². The quantitative estimate of drug-likeness (QED) is 0.696. The Bertz CT molecular complexity index is 184. The van der Waals surface area contributed by atoms with Gasteiger partial charge in [0.2, 0.25) is 0 Å². The maximum atomic E-state index is 10.9. The molecule has 0 heterocycles. The van der Waals surface area contributed by atoms with Crippen molar-refractivity contribution in [2.45, 2.75) is 39.3 Å². The van der Waals surface area contributed by atoms with E-state index in [9.17, 15) is 4.79 Å². The van der Waals surface area contributed by atoms with E-state index in [2.05, 4.69) is 5.32 Å². The summed E-state index contributed by atoms with van der Waals surface area (Å²) < 4.78 is 4.78. The van der Waals surface area contributed by atoms with Gasteiger partial charge in [0, 0.05) is 0 Å². The number of amides is 1. The van der Waals surface area contributed by atoms with E-state index >= 15 is 0 Å². The number of hydrogen-bond donors (Lipinski definition) is 1. The molecule has 0 saturated carbocycles. The zero-order valence-electron chi connectivity index (χ0n) is 7.63. The van der Waals surface area contributed by atoms with Crippen LogP contribution < -0.4 is 5.32 Å². The molecular formula is C8H14N2O2. The summed E-state index contributed by atoms with van der Waals surface area (Å²) in [5, 5.41) is 10.9. The number of alkyl carbamates (subject to hydrolysis) is 1. The second-order valence-electron chi connectivity index (χ2n) is 2.69. The van der Waals surface area contributed by atoms with Crippen molar-refractivity contribution in [1.29, 1.82) is 5.26 Å². The Labute approximate surface area is 72.5 Å². The molecule has 4 nitrogen and oxygen atoms in total. The lowest BCUT2D eigenvalue weighted by Gasteiger charge is -2.11. The first kappa shape index (κ1) is 10.8. The van der Waals surface area contributed by atoms with Crippen molar-refractivity contribution in [3.8, 4) is 6.07 Å². The highest BCUT2D eigenvalue weighted by molar-refractivity contribution is 5.68. The summed E-state index contributed by atoms with van der Waals surface area (Å²) in [6, 6.07) is 1.50. The molecule has 0 saturated heterocycles. The van der Waals surface area contributed by atoms with E-state index < -0.39 is 12.1 Å². The van der Waals surface area contributed by atoms with Crippen LogP contribution in [0.25, 0.3) is 0 Å². The van der Waals surface area contributed by atoms with Gasteiger partial charge in [-0.3, -0.25) is 0 Å². The smallest absolute Gasteiger partial charge is 0.408 e. The molecular weight excluding hydrogens is 156 g/mol. The molecule has 68 valence electrons. The van der Waals surface area contributed by atoms with Crippen molar-refractivity contribution in [1.82, 2.24) is 5.32 Å². The molecule has 0 rings (SSSR count). The maximum absolute atomic E-state index is 10.9. The number of nitrogens with one attached hydrogen (secondary N) is 1. The standard InChI is InChI=1S/C8H14N2O2/c1-4-7(5-9)10-8(11)12-6(2)3/h6-7H,4H2,1-3H3,(H,10,11). The summed E-state index contributed by atoms with van der Waals surface area (Å²) in [6.45, 7) is 5.34. The van der Waals surface area contributed by atoms with Crippen molar-refractivity contribution in [2.75, 3.05) is 0 Å². The Morgan fingerprint density at radius 1 is 1.67 bits per heavy atom. The Hall–Kier alpha value is -1.24. The normalized spacial score (nSPS) is 11.9. The molecule has 0 radical (unpaired) electrons. The summed E-state index contributed by atoms with van der Waals surface area (Å²) in [7, 11) is 0. The van der Waals surface area contributed by atoms with E-state index in [-0.39, 0.29) is 6.10 Å². The minimum atomic E-state index is -0.529. The number of rotatable bonds is 3. The van der Waals surface area contributed by atoms with Gasteiger partial charge >= 0.3 is 6.09 Å². The molecule has 0 spiro atoms. The number of carbonyl (C=O) groups excluding carboxylic acids is 1. The largest absolute Gasteiger partial charge is 0.447 e. The van der Waals surface area contributed by atoms with Gasteiger partial charge in [-0.2, -0.15) is 5.26 Å². The Kier molecular flexibility index (Phi) is 4.86. The zero-order valence-corrected chi connectivity index (χ0v) is 7.63. The minimum absolute atomic E-state index is 0.152.